The summed E-state index contributed by atoms with van der Waals surface area (Å²) in [5.41, 5.74) is 5.46. The second-order valence-electron chi connectivity index (χ2n) is 3.31. The molecule has 0 aromatic carbocycles. The van der Waals surface area contributed by atoms with Gasteiger partial charge >= 0.3 is 0 Å². The Morgan fingerprint density at radius 1 is 1.50 bits per heavy atom. The van der Waals surface area contributed by atoms with Crippen molar-refractivity contribution in [1.82, 2.24) is 0 Å². The van der Waals surface area contributed by atoms with Crippen molar-refractivity contribution in [2.75, 3.05) is 13.2 Å². The van der Waals surface area contributed by atoms with Gasteiger partial charge in [-0.15, -0.1) is 18.8 Å². The molecule has 70 valence electrons. The highest BCUT2D eigenvalue weighted by Gasteiger charge is 2.29. The Bertz CT molecular complexity index is 168. The van der Waals surface area contributed by atoms with E-state index in [1.165, 1.54) is 0 Å². The SMILES string of the molecule is C#CC(C)(N)C1CCOCC1.Cl. The number of hydrogen-bond acceptors (Lipinski definition) is 2. The van der Waals surface area contributed by atoms with E-state index in [-0.39, 0.29) is 12.4 Å². The number of hydrogen-bond donors (Lipinski definition) is 1. The molecular weight excluding hydrogens is 174 g/mol. The van der Waals surface area contributed by atoms with Gasteiger partial charge in [0, 0.05) is 13.2 Å². The van der Waals surface area contributed by atoms with Crippen molar-refractivity contribution in [3.8, 4) is 12.3 Å². The lowest BCUT2D eigenvalue weighted by Crippen LogP contribution is -2.45. The van der Waals surface area contributed by atoms with Crippen LogP contribution in [0.1, 0.15) is 19.8 Å². The van der Waals surface area contributed by atoms with E-state index in [1.54, 1.807) is 0 Å². The van der Waals surface area contributed by atoms with Gasteiger partial charge in [0.1, 0.15) is 0 Å². The van der Waals surface area contributed by atoms with Gasteiger partial charge in [-0.2, -0.15) is 0 Å². The van der Waals surface area contributed by atoms with Crippen molar-refractivity contribution >= 4 is 12.4 Å². The van der Waals surface area contributed by atoms with E-state index in [0.29, 0.717) is 5.92 Å². The summed E-state index contributed by atoms with van der Waals surface area (Å²) in [6, 6.07) is 0. The average Bonchev–Trinajstić information content (AvgIpc) is 2.06. The number of nitrogens with two attached hydrogens (primary N) is 1. The molecule has 0 bridgehead atoms. The molecule has 0 amide bonds. The summed E-state index contributed by atoms with van der Waals surface area (Å²) < 4.78 is 5.22. The molecule has 1 rings (SSSR count). The fourth-order valence-corrected chi connectivity index (χ4v) is 1.42. The smallest absolute Gasteiger partial charge is 0.0775 e. The Morgan fingerprint density at radius 2 is 2.00 bits per heavy atom. The normalized spacial score (nSPS) is 23.4. The third-order valence-electron chi connectivity index (χ3n) is 2.38. The predicted octanol–water partition coefficient (Wildman–Crippen LogP) is 1.19. The molecule has 3 heteroatoms. The summed E-state index contributed by atoms with van der Waals surface area (Å²) >= 11 is 0. The summed E-state index contributed by atoms with van der Waals surface area (Å²) in [5, 5.41) is 0. The topological polar surface area (TPSA) is 35.2 Å². The second-order valence-corrected chi connectivity index (χ2v) is 3.31. The van der Waals surface area contributed by atoms with Crippen molar-refractivity contribution in [3.63, 3.8) is 0 Å². The first-order valence-corrected chi connectivity index (χ1v) is 4.01. The van der Waals surface area contributed by atoms with Crippen molar-refractivity contribution in [1.29, 1.82) is 0 Å². The second kappa shape index (κ2) is 4.71. The average molecular weight is 190 g/mol. The predicted molar refractivity (Wildman–Crippen MR) is 52.2 cm³/mol. The molecule has 2 N–H and O–H groups in total. The molecule has 1 aliphatic heterocycles. The van der Waals surface area contributed by atoms with Gasteiger partial charge in [-0.05, 0) is 25.7 Å². The van der Waals surface area contributed by atoms with E-state index in [9.17, 15) is 0 Å². The monoisotopic (exact) mass is 189 g/mol. The fraction of sp³-hybridized carbons (Fsp3) is 0.778. The quantitative estimate of drug-likeness (QED) is 0.629. The van der Waals surface area contributed by atoms with Crippen LogP contribution >= 0.6 is 12.4 Å². The van der Waals surface area contributed by atoms with Crippen LogP contribution in [-0.2, 0) is 4.74 Å². The zero-order valence-electron chi connectivity index (χ0n) is 7.38. The zero-order valence-corrected chi connectivity index (χ0v) is 8.19. The van der Waals surface area contributed by atoms with Gasteiger partial charge in [0.05, 0.1) is 5.54 Å². The third-order valence-corrected chi connectivity index (χ3v) is 2.38. The highest BCUT2D eigenvalue weighted by atomic mass is 35.5. The summed E-state index contributed by atoms with van der Waals surface area (Å²) in [6.07, 6.45) is 7.32. The highest BCUT2D eigenvalue weighted by molar-refractivity contribution is 5.85. The van der Waals surface area contributed by atoms with Gasteiger partial charge in [-0.25, -0.2) is 0 Å². The lowest BCUT2D eigenvalue weighted by molar-refractivity contribution is 0.0517. The fourth-order valence-electron chi connectivity index (χ4n) is 1.42. The van der Waals surface area contributed by atoms with Crippen molar-refractivity contribution < 1.29 is 4.74 Å². The molecule has 1 fully saturated rings. The molecule has 1 atom stereocenters. The molecule has 1 unspecified atom stereocenters. The molecule has 2 nitrogen and oxygen atoms in total. The van der Waals surface area contributed by atoms with Crippen LogP contribution in [0.4, 0.5) is 0 Å². The van der Waals surface area contributed by atoms with Crippen LogP contribution in [0.2, 0.25) is 0 Å². The van der Waals surface area contributed by atoms with E-state index in [1.807, 2.05) is 6.92 Å². The van der Waals surface area contributed by atoms with Crippen LogP contribution in [0.15, 0.2) is 0 Å². The number of terminal acetylenes is 1. The lowest BCUT2D eigenvalue weighted by atomic mass is 9.82. The Kier molecular flexibility index (Phi) is 4.62. The molecule has 12 heavy (non-hydrogen) atoms. The van der Waals surface area contributed by atoms with Crippen LogP contribution in [0.3, 0.4) is 0 Å². The maximum absolute atomic E-state index is 5.90. The Hall–Kier alpha value is -0.230. The Morgan fingerprint density at radius 3 is 2.42 bits per heavy atom. The molecule has 0 aliphatic carbocycles. The molecular formula is C9H16ClNO. The first-order chi connectivity index (χ1) is 5.17. The first-order valence-electron chi connectivity index (χ1n) is 4.01. The van der Waals surface area contributed by atoms with Crippen LogP contribution < -0.4 is 5.73 Å². The van der Waals surface area contributed by atoms with Crippen LogP contribution in [-0.4, -0.2) is 18.8 Å². The Labute approximate surface area is 80.3 Å². The zero-order chi connectivity index (χ0) is 8.32. The van der Waals surface area contributed by atoms with Gasteiger partial charge in [-0.3, -0.25) is 0 Å². The van der Waals surface area contributed by atoms with Crippen molar-refractivity contribution in [3.05, 3.63) is 0 Å². The van der Waals surface area contributed by atoms with Gasteiger partial charge in [0.2, 0.25) is 0 Å². The molecule has 0 aromatic rings. The number of halogens is 1. The minimum absolute atomic E-state index is 0. The number of ether oxygens (including phenoxy) is 1. The van der Waals surface area contributed by atoms with Crippen molar-refractivity contribution in [2.24, 2.45) is 11.7 Å². The van der Waals surface area contributed by atoms with E-state index in [4.69, 9.17) is 16.9 Å². The summed E-state index contributed by atoms with van der Waals surface area (Å²) in [7, 11) is 0. The molecule has 0 radical (unpaired) electrons. The summed E-state index contributed by atoms with van der Waals surface area (Å²) in [6.45, 7) is 3.53. The first kappa shape index (κ1) is 11.8. The van der Waals surface area contributed by atoms with E-state index >= 15 is 0 Å². The summed E-state index contributed by atoms with van der Waals surface area (Å²) in [4.78, 5) is 0. The molecule has 1 aliphatic rings. The van der Waals surface area contributed by atoms with Gasteiger partial charge in [0.15, 0.2) is 0 Å². The maximum atomic E-state index is 5.90. The van der Waals surface area contributed by atoms with E-state index in [0.717, 1.165) is 26.1 Å². The minimum Gasteiger partial charge on any atom is -0.381 e. The third kappa shape index (κ3) is 2.67. The molecule has 0 saturated carbocycles. The Balaban J connectivity index is 0.00000121. The van der Waals surface area contributed by atoms with Crippen LogP contribution in [0, 0.1) is 18.3 Å². The van der Waals surface area contributed by atoms with Gasteiger partial charge in [0.25, 0.3) is 0 Å². The minimum atomic E-state index is -0.441. The lowest BCUT2D eigenvalue weighted by Gasteiger charge is -2.32. The summed E-state index contributed by atoms with van der Waals surface area (Å²) in [5.74, 6) is 3.06. The molecule has 1 heterocycles. The molecule has 0 spiro atoms. The largest absolute Gasteiger partial charge is 0.381 e. The van der Waals surface area contributed by atoms with Gasteiger partial charge in [-0.1, -0.05) is 5.92 Å². The van der Waals surface area contributed by atoms with Crippen LogP contribution in [0.25, 0.3) is 0 Å². The molecule has 0 aromatic heterocycles. The van der Waals surface area contributed by atoms with E-state index < -0.39 is 5.54 Å². The number of rotatable bonds is 1. The van der Waals surface area contributed by atoms with Crippen LogP contribution in [0.5, 0.6) is 0 Å². The standard InChI is InChI=1S/C9H15NO.ClH/c1-3-9(2,10)8-4-6-11-7-5-8;/h1,8H,4-7,10H2,2H3;1H. The molecule has 1 saturated heterocycles. The maximum Gasteiger partial charge on any atom is 0.0775 e. The van der Waals surface area contributed by atoms with Gasteiger partial charge < -0.3 is 10.5 Å². The van der Waals surface area contributed by atoms with E-state index in [2.05, 4.69) is 5.92 Å². The highest BCUT2D eigenvalue weighted by Crippen LogP contribution is 2.24. The van der Waals surface area contributed by atoms with Crippen molar-refractivity contribution in [2.45, 2.75) is 25.3 Å².